The number of alkyl halides is 2. The Labute approximate surface area is 71.3 Å². The zero-order valence-corrected chi connectivity index (χ0v) is 7.10. The van der Waals surface area contributed by atoms with Gasteiger partial charge < -0.3 is 0 Å². The van der Waals surface area contributed by atoms with Gasteiger partial charge >= 0.3 is 0 Å². The van der Waals surface area contributed by atoms with Crippen LogP contribution in [0.1, 0.15) is 32.1 Å². The predicted molar refractivity (Wildman–Crippen MR) is 42.3 cm³/mol. The summed E-state index contributed by atoms with van der Waals surface area (Å²) in [5.41, 5.74) is -0.959. The summed E-state index contributed by atoms with van der Waals surface area (Å²) in [4.78, 5) is 0. The summed E-state index contributed by atoms with van der Waals surface area (Å²) < 4.78 is 27.4. The molecule has 4 bridgehead atoms. The summed E-state index contributed by atoms with van der Waals surface area (Å²) >= 11 is 0. The molecule has 0 aromatic carbocycles. The molecule has 4 aliphatic carbocycles. The topological polar surface area (TPSA) is 0 Å². The molecule has 0 saturated heterocycles. The lowest BCUT2D eigenvalue weighted by Gasteiger charge is -2.54. The quantitative estimate of drug-likeness (QED) is 0.527. The Morgan fingerprint density at radius 3 is 2.08 bits per heavy atom. The Morgan fingerprint density at radius 1 is 1.00 bits per heavy atom. The Hall–Kier alpha value is -0.140. The first-order chi connectivity index (χ1) is 5.66. The van der Waals surface area contributed by atoms with Crippen molar-refractivity contribution in [2.24, 2.45) is 17.8 Å². The molecule has 4 aliphatic rings. The summed E-state index contributed by atoms with van der Waals surface area (Å²) in [6, 6.07) is 0. The van der Waals surface area contributed by atoms with Gasteiger partial charge in [-0.3, -0.25) is 0 Å². The smallest absolute Gasteiger partial charge is 0.112 e. The molecule has 2 atom stereocenters. The average molecular weight is 172 g/mol. The summed E-state index contributed by atoms with van der Waals surface area (Å²) in [5, 5.41) is 0. The van der Waals surface area contributed by atoms with E-state index in [9.17, 15) is 8.78 Å². The SMILES string of the molecule is FC1C2CC3CC1CC(F)(C3)C2. The van der Waals surface area contributed by atoms with E-state index in [4.69, 9.17) is 0 Å². The summed E-state index contributed by atoms with van der Waals surface area (Å²) in [6.07, 6.45) is 3.01. The van der Waals surface area contributed by atoms with Crippen LogP contribution in [0.2, 0.25) is 0 Å². The van der Waals surface area contributed by atoms with Crippen molar-refractivity contribution < 1.29 is 8.78 Å². The van der Waals surface area contributed by atoms with Gasteiger partial charge in [0.05, 0.1) is 0 Å². The molecular weight excluding hydrogens is 158 g/mol. The van der Waals surface area contributed by atoms with Crippen LogP contribution in [0.25, 0.3) is 0 Å². The molecule has 0 radical (unpaired) electrons. The standard InChI is InChI=1S/C10H14F2/c11-9-7-1-6-2-8(9)5-10(12,3-6)4-7/h6-9H,1-5H2. The average Bonchev–Trinajstić information content (AvgIpc) is 1.96. The maximum atomic E-state index is 13.9. The van der Waals surface area contributed by atoms with Gasteiger partial charge in [0.25, 0.3) is 0 Å². The van der Waals surface area contributed by atoms with Crippen molar-refractivity contribution in [3.8, 4) is 0 Å². The van der Waals surface area contributed by atoms with Crippen LogP contribution in [0.3, 0.4) is 0 Å². The molecule has 2 heteroatoms. The van der Waals surface area contributed by atoms with Crippen molar-refractivity contribution in [2.75, 3.05) is 0 Å². The molecular formula is C10H14F2. The van der Waals surface area contributed by atoms with Gasteiger partial charge in [0.15, 0.2) is 0 Å². The van der Waals surface area contributed by atoms with Crippen LogP contribution in [0.15, 0.2) is 0 Å². The van der Waals surface area contributed by atoms with Crippen molar-refractivity contribution in [1.82, 2.24) is 0 Å². The second-order valence-electron chi connectivity index (χ2n) is 5.07. The number of hydrogen-bond donors (Lipinski definition) is 0. The molecule has 0 N–H and O–H groups in total. The van der Waals surface area contributed by atoms with Crippen molar-refractivity contribution >= 4 is 0 Å². The molecule has 12 heavy (non-hydrogen) atoms. The van der Waals surface area contributed by atoms with Crippen molar-refractivity contribution in [2.45, 2.75) is 43.9 Å². The third kappa shape index (κ3) is 0.813. The van der Waals surface area contributed by atoms with E-state index in [-0.39, 0.29) is 11.8 Å². The highest BCUT2D eigenvalue weighted by molar-refractivity contribution is 5.06. The fourth-order valence-electron chi connectivity index (χ4n) is 3.86. The first-order valence-corrected chi connectivity index (χ1v) is 4.99. The number of hydrogen-bond acceptors (Lipinski definition) is 0. The Morgan fingerprint density at radius 2 is 1.58 bits per heavy atom. The largest absolute Gasteiger partial charge is 0.247 e. The molecule has 0 amide bonds. The lowest BCUT2D eigenvalue weighted by molar-refractivity contribution is -0.117. The maximum Gasteiger partial charge on any atom is 0.112 e. The van der Waals surface area contributed by atoms with E-state index in [1.807, 2.05) is 0 Å². The fraction of sp³-hybridized carbons (Fsp3) is 1.00. The van der Waals surface area contributed by atoms with Crippen molar-refractivity contribution in [3.63, 3.8) is 0 Å². The third-order valence-corrected chi connectivity index (χ3v) is 4.08. The summed E-state index contributed by atoms with van der Waals surface area (Å²) in [7, 11) is 0. The van der Waals surface area contributed by atoms with Crippen LogP contribution in [0, 0.1) is 17.8 Å². The fourth-order valence-corrected chi connectivity index (χ4v) is 3.86. The molecule has 0 aliphatic heterocycles. The Balaban J connectivity index is 1.95. The lowest BCUT2D eigenvalue weighted by atomic mass is 9.54. The Kier molecular flexibility index (Phi) is 1.23. The molecule has 0 aromatic heterocycles. The van der Waals surface area contributed by atoms with Crippen LogP contribution < -0.4 is 0 Å². The minimum absolute atomic E-state index is 0.0706. The first-order valence-electron chi connectivity index (χ1n) is 4.99. The van der Waals surface area contributed by atoms with Gasteiger partial charge in [0.2, 0.25) is 0 Å². The van der Waals surface area contributed by atoms with E-state index in [1.54, 1.807) is 0 Å². The van der Waals surface area contributed by atoms with E-state index >= 15 is 0 Å². The molecule has 0 heterocycles. The molecule has 4 saturated carbocycles. The van der Waals surface area contributed by atoms with Crippen LogP contribution in [0.5, 0.6) is 0 Å². The lowest BCUT2D eigenvalue weighted by Crippen LogP contribution is -2.53. The van der Waals surface area contributed by atoms with Crippen molar-refractivity contribution in [3.05, 3.63) is 0 Å². The molecule has 0 spiro atoms. The molecule has 68 valence electrons. The Bertz CT molecular complexity index is 198. The van der Waals surface area contributed by atoms with Gasteiger partial charge in [0, 0.05) is 0 Å². The van der Waals surface area contributed by atoms with E-state index in [1.165, 1.54) is 0 Å². The molecule has 0 aromatic rings. The van der Waals surface area contributed by atoms with Crippen LogP contribution in [-0.2, 0) is 0 Å². The molecule has 2 unspecified atom stereocenters. The van der Waals surface area contributed by atoms with E-state index in [0.29, 0.717) is 18.8 Å². The summed E-state index contributed by atoms with van der Waals surface area (Å²) in [6.45, 7) is 0. The van der Waals surface area contributed by atoms with E-state index in [2.05, 4.69) is 0 Å². The van der Waals surface area contributed by atoms with E-state index in [0.717, 1.165) is 19.3 Å². The van der Waals surface area contributed by atoms with Gasteiger partial charge in [-0.25, -0.2) is 8.78 Å². The molecule has 4 fully saturated rings. The molecule has 4 rings (SSSR count). The van der Waals surface area contributed by atoms with E-state index < -0.39 is 11.8 Å². The summed E-state index contributed by atoms with van der Waals surface area (Å²) in [5.74, 6) is 0.655. The minimum Gasteiger partial charge on any atom is -0.247 e. The monoisotopic (exact) mass is 172 g/mol. The van der Waals surface area contributed by atoms with Crippen LogP contribution >= 0.6 is 0 Å². The van der Waals surface area contributed by atoms with Gasteiger partial charge in [-0.15, -0.1) is 0 Å². The van der Waals surface area contributed by atoms with Gasteiger partial charge in [-0.1, -0.05) is 0 Å². The van der Waals surface area contributed by atoms with Gasteiger partial charge in [0.1, 0.15) is 11.8 Å². The second kappa shape index (κ2) is 2.02. The maximum absolute atomic E-state index is 13.9. The first kappa shape index (κ1) is 7.28. The second-order valence-corrected chi connectivity index (χ2v) is 5.07. The molecule has 0 nitrogen and oxygen atoms in total. The highest BCUT2D eigenvalue weighted by Gasteiger charge is 2.56. The predicted octanol–water partition coefficient (Wildman–Crippen LogP) is 2.87. The van der Waals surface area contributed by atoms with Crippen LogP contribution in [0.4, 0.5) is 8.78 Å². The highest BCUT2D eigenvalue weighted by atomic mass is 19.1. The normalized spacial score (nSPS) is 62.5. The van der Waals surface area contributed by atoms with Gasteiger partial charge in [-0.05, 0) is 49.9 Å². The van der Waals surface area contributed by atoms with Crippen molar-refractivity contribution in [1.29, 1.82) is 0 Å². The zero-order valence-electron chi connectivity index (χ0n) is 7.10. The zero-order chi connectivity index (χ0) is 8.34. The number of halogens is 2. The van der Waals surface area contributed by atoms with Crippen LogP contribution in [-0.4, -0.2) is 11.8 Å². The third-order valence-electron chi connectivity index (χ3n) is 4.08. The highest BCUT2D eigenvalue weighted by Crippen LogP contribution is 2.58. The number of rotatable bonds is 0. The minimum atomic E-state index is -0.959. The van der Waals surface area contributed by atoms with Gasteiger partial charge in [-0.2, -0.15) is 0 Å².